The van der Waals surface area contributed by atoms with Crippen molar-refractivity contribution in [2.45, 2.75) is 51.9 Å². The predicted molar refractivity (Wildman–Crippen MR) is 95.4 cm³/mol. The molecule has 140 valence electrons. The fraction of sp³-hybridized carbons (Fsp3) is 0.789. The summed E-state index contributed by atoms with van der Waals surface area (Å²) in [5.41, 5.74) is 0.532. The maximum Gasteiger partial charge on any atom is 0.227 e. The van der Waals surface area contributed by atoms with Gasteiger partial charge in [-0.3, -0.25) is 4.79 Å². The zero-order valence-corrected chi connectivity index (χ0v) is 15.5. The minimum absolute atomic E-state index is 0.141. The van der Waals surface area contributed by atoms with E-state index in [4.69, 9.17) is 9.26 Å². The molecule has 2 aliphatic rings. The molecule has 2 saturated heterocycles. The molecule has 3 rings (SSSR count). The normalized spacial score (nSPS) is 26.9. The zero-order chi connectivity index (χ0) is 17.7. The number of rotatable bonds is 7. The van der Waals surface area contributed by atoms with E-state index in [-0.39, 0.29) is 5.91 Å². The fourth-order valence-electron chi connectivity index (χ4n) is 3.76. The van der Waals surface area contributed by atoms with Crippen LogP contribution in [0.15, 0.2) is 10.6 Å². The molecule has 6 heteroatoms. The largest absolute Gasteiger partial charge is 0.381 e. The van der Waals surface area contributed by atoms with Crippen LogP contribution >= 0.6 is 0 Å². The summed E-state index contributed by atoms with van der Waals surface area (Å²) in [6.45, 7) is 8.26. The van der Waals surface area contributed by atoms with Crippen LogP contribution in [0.25, 0.3) is 0 Å². The number of piperidine rings is 1. The first-order valence-corrected chi connectivity index (χ1v) is 9.61. The molecule has 0 unspecified atom stereocenters. The van der Waals surface area contributed by atoms with Crippen LogP contribution in [0.3, 0.4) is 0 Å². The van der Waals surface area contributed by atoms with Gasteiger partial charge in [-0.05, 0) is 38.1 Å². The van der Waals surface area contributed by atoms with Gasteiger partial charge in [0.15, 0.2) is 0 Å². The number of aromatic nitrogens is 1. The second-order valence-corrected chi connectivity index (χ2v) is 7.95. The fourth-order valence-corrected chi connectivity index (χ4v) is 3.76. The Labute approximate surface area is 150 Å². The first-order valence-electron chi connectivity index (χ1n) is 9.61. The molecule has 0 saturated carbocycles. The van der Waals surface area contributed by atoms with Crippen molar-refractivity contribution in [2.75, 3.05) is 32.8 Å². The van der Waals surface area contributed by atoms with Crippen molar-refractivity contribution in [3.8, 4) is 0 Å². The Bertz CT molecular complexity index is 558. The van der Waals surface area contributed by atoms with E-state index in [0.29, 0.717) is 31.4 Å². The molecule has 6 nitrogen and oxygen atoms in total. The van der Waals surface area contributed by atoms with Gasteiger partial charge in [-0.15, -0.1) is 0 Å². The van der Waals surface area contributed by atoms with E-state index in [1.165, 1.54) is 0 Å². The summed E-state index contributed by atoms with van der Waals surface area (Å²) in [7, 11) is 0. The van der Waals surface area contributed by atoms with E-state index in [1.54, 1.807) is 0 Å². The average Bonchev–Trinajstić information content (AvgIpc) is 3.26. The number of hydrogen-bond donors (Lipinski definition) is 2. The molecule has 2 N–H and O–H groups in total. The number of nitrogens with one attached hydrogen (secondary N) is 2. The third kappa shape index (κ3) is 4.61. The van der Waals surface area contributed by atoms with E-state index in [2.05, 4.69) is 29.6 Å². The predicted octanol–water partition coefficient (Wildman–Crippen LogP) is 2.25. The van der Waals surface area contributed by atoms with Gasteiger partial charge in [0.25, 0.3) is 0 Å². The van der Waals surface area contributed by atoms with Gasteiger partial charge in [0, 0.05) is 38.1 Å². The van der Waals surface area contributed by atoms with Crippen LogP contribution < -0.4 is 10.6 Å². The Morgan fingerprint density at radius 3 is 3.08 bits per heavy atom. The summed E-state index contributed by atoms with van der Waals surface area (Å²) < 4.78 is 11.0. The van der Waals surface area contributed by atoms with Gasteiger partial charge >= 0.3 is 0 Å². The minimum Gasteiger partial charge on any atom is -0.381 e. The lowest BCUT2D eigenvalue weighted by Crippen LogP contribution is -2.52. The molecule has 2 aliphatic heterocycles. The van der Waals surface area contributed by atoms with Gasteiger partial charge in [0.2, 0.25) is 5.91 Å². The highest BCUT2D eigenvalue weighted by Gasteiger charge is 2.41. The van der Waals surface area contributed by atoms with Crippen molar-refractivity contribution in [3.63, 3.8) is 0 Å². The van der Waals surface area contributed by atoms with Crippen LogP contribution in [0, 0.1) is 11.3 Å². The summed E-state index contributed by atoms with van der Waals surface area (Å²) in [5.74, 6) is 1.87. The summed E-state index contributed by atoms with van der Waals surface area (Å²) >= 11 is 0. The number of carbonyl (C=O) groups is 1. The van der Waals surface area contributed by atoms with Crippen molar-refractivity contribution < 1.29 is 14.1 Å². The molecule has 2 fully saturated rings. The van der Waals surface area contributed by atoms with Crippen molar-refractivity contribution in [3.05, 3.63) is 17.5 Å². The van der Waals surface area contributed by atoms with Crippen LogP contribution in [0.4, 0.5) is 0 Å². The van der Waals surface area contributed by atoms with Crippen molar-refractivity contribution >= 4 is 5.91 Å². The molecule has 0 bridgehead atoms. The summed E-state index contributed by atoms with van der Waals surface area (Å²) in [4.78, 5) is 12.9. The molecule has 0 aliphatic carbocycles. The molecule has 2 atom stereocenters. The van der Waals surface area contributed by atoms with Crippen LogP contribution in [-0.4, -0.2) is 43.9 Å². The number of hydrogen-bond acceptors (Lipinski definition) is 5. The summed E-state index contributed by atoms with van der Waals surface area (Å²) in [5, 5.41) is 10.8. The Kier molecular flexibility index (Phi) is 6.12. The molecule has 1 aromatic rings. The number of carbonyl (C=O) groups excluding carboxylic acids is 1. The highest BCUT2D eigenvalue weighted by Crippen LogP contribution is 2.33. The van der Waals surface area contributed by atoms with Gasteiger partial charge in [-0.25, -0.2) is 0 Å². The quantitative estimate of drug-likeness (QED) is 0.790. The van der Waals surface area contributed by atoms with Crippen LogP contribution in [0.1, 0.15) is 56.9 Å². The van der Waals surface area contributed by atoms with Crippen molar-refractivity contribution in [1.29, 1.82) is 0 Å². The Morgan fingerprint density at radius 1 is 1.52 bits per heavy atom. The molecule has 1 aromatic heterocycles. The SMILES string of the molecule is CC(C)CCNC(=O)[C@@]1(Cc2cc([C@H]3CCOC3)no2)CCCNC1. The molecule has 0 radical (unpaired) electrons. The smallest absolute Gasteiger partial charge is 0.227 e. The van der Waals surface area contributed by atoms with Gasteiger partial charge in [-0.2, -0.15) is 0 Å². The van der Waals surface area contributed by atoms with E-state index < -0.39 is 5.41 Å². The number of amides is 1. The lowest BCUT2D eigenvalue weighted by molar-refractivity contribution is -0.132. The second-order valence-electron chi connectivity index (χ2n) is 7.95. The van der Waals surface area contributed by atoms with E-state index in [1.807, 2.05) is 6.07 Å². The highest BCUT2D eigenvalue weighted by molar-refractivity contribution is 5.83. The lowest BCUT2D eigenvalue weighted by atomic mass is 9.76. The molecular weight excluding hydrogens is 318 g/mol. The van der Waals surface area contributed by atoms with Crippen molar-refractivity contribution in [2.24, 2.45) is 11.3 Å². The first-order chi connectivity index (χ1) is 12.1. The minimum atomic E-state index is -0.432. The maximum absolute atomic E-state index is 12.9. The first kappa shape index (κ1) is 18.4. The summed E-state index contributed by atoms with van der Waals surface area (Å²) in [6.07, 6.45) is 4.50. The van der Waals surface area contributed by atoms with E-state index in [9.17, 15) is 4.79 Å². The van der Waals surface area contributed by atoms with Gasteiger partial charge in [0.05, 0.1) is 17.7 Å². The van der Waals surface area contributed by atoms with Crippen LogP contribution in [0.2, 0.25) is 0 Å². The lowest BCUT2D eigenvalue weighted by Gasteiger charge is -2.35. The molecule has 25 heavy (non-hydrogen) atoms. The van der Waals surface area contributed by atoms with E-state index >= 15 is 0 Å². The zero-order valence-electron chi connectivity index (χ0n) is 15.5. The topological polar surface area (TPSA) is 76.4 Å². The molecular formula is C19H31N3O3. The third-order valence-electron chi connectivity index (χ3n) is 5.40. The molecule has 1 amide bonds. The Balaban J connectivity index is 1.66. The van der Waals surface area contributed by atoms with Crippen LogP contribution in [0.5, 0.6) is 0 Å². The molecule has 0 aromatic carbocycles. The maximum atomic E-state index is 12.9. The van der Waals surface area contributed by atoms with Gasteiger partial charge < -0.3 is 19.9 Å². The Hall–Kier alpha value is -1.40. The van der Waals surface area contributed by atoms with Crippen LogP contribution in [-0.2, 0) is 16.0 Å². The Morgan fingerprint density at radius 2 is 2.40 bits per heavy atom. The second kappa shape index (κ2) is 8.32. The molecule has 0 spiro atoms. The van der Waals surface area contributed by atoms with Gasteiger partial charge in [-0.1, -0.05) is 19.0 Å². The number of ether oxygens (including phenoxy) is 1. The van der Waals surface area contributed by atoms with E-state index in [0.717, 1.165) is 56.8 Å². The third-order valence-corrected chi connectivity index (χ3v) is 5.40. The van der Waals surface area contributed by atoms with Gasteiger partial charge in [0.1, 0.15) is 5.76 Å². The highest BCUT2D eigenvalue weighted by atomic mass is 16.5. The standard InChI is InChI=1S/C19H31N3O3/c1-14(2)4-8-21-18(23)19(6-3-7-20-13-19)11-16-10-17(22-25-16)15-5-9-24-12-15/h10,14-15,20H,3-9,11-13H2,1-2H3,(H,21,23)/t15-,19+/m0/s1. The molecule has 3 heterocycles. The summed E-state index contributed by atoms with van der Waals surface area (Å²) in [6, 6.07) is 2.02. The number of nitrogens with zero attached hydrogens (tertiary/aromatic N) is 1. The van der Waals surface area contributed by atoms with Crippen molar-refractivity contribution in [1.82, 2.24) is 15.8 Å². The average molecular weight is 349 g/mol. The monoisotopic (exact) mass is 349 g/mol.